The Bertz CT molecular complexity index is 554. The second kappa shape index (κ2) is 5.36. The number of aromatic nitrogens is 2. The summed E-state index contributed by atoms with van der Waals surface area (Å²) in [6.07, 6.45) is 5.61. The summed E-state index contributed by atoms with van der Waals surface area (Å²) in [5, 5.41) is 9.02. The molecule has 1 aromatic carbocycles. The number of hydrogen-bond acceptors (Lipinski definition) is 4. The summed E-state index contributed by atoms with van der Waals surface area (Å²) >= 11 is 0. The summed E-state index contributed by atoms with van der Waals surface area (Å²) in [4.78, 5) is 10.9. The van der Waals surface area contributed by atoms with Crippen LogP contribution in [-0.2, 0) is 19.6 Å². The molecule has 0 aliphatic carbocycles. The van der Waals surface area contributed by atoms with E-state index >= 15 is 0 Å². The fraction of sp³-hybridized carbons (Fsp3) is 0.333. The molecule has 0 unspecified atom stereocenters. The maximum atomic E-state index is 9.02. The monoisotopic (exact) mass is 255 g/mol. The summed E-state index contributed by atoms with van der Waals surface area (Å²) in [6.45, 7) is 1.81. The summed E-state index contributed by atoms with van der Waals surface area (Å²) in [5.74, 6) is 0.744. The van der Waals surface area contributed by atoms with Crippen LogP contribution in [-0.4, -0.2) is 21.6 Å². The molecule has 19 heavy (non-hydrogen) atoms. The summed E-state index contributed by atoms with van der Waals surface area (Å²) < 4.78 is 0. The van der Waals surface area contributed by atoms with Gasteiger partial charge in [-0.05, 0) is 24.0 Å². The molecular formula is C15H17N3O. The first-order valence-corrected chi connectivity index (χ1v) is 6.60. The molecule has 1 aromatic heterocycles. The van der Waals surface area contributed by atoms with Gasteiger partial charge in [0.05, 0.1) is 6.61 Å². The van der Waals surface area contributed by atoms with Crippen LogP contribution in [0, 0.1) is 0 Å². The molecule has 3 rings (SSSR count). The number of rotatable bonds is 2. The van der Waals surface area contributed by atoms with E-state index in [2.05, 4.69) is 39.1 Å². The SMILES string of the molecule is OCc1cnc(N2CCCc3ccccc3C2)nc1. The lowest BCUT2D eigenvalue weighted by Gasteiger charge is -2.20. The van der Waals surface area contributed by atoms with Gasteiger partial charge in [-0.15, -0.1) is 0 Å². The van der Waals surface area contributed by atoms with E-state index in [0.29, 0.717) is 0 Å². The Hall–Kier alpha value is -1.94. The Labute approximate surface area is 112 Å². The average Bonchev–Trinajstić information content (AvgIpc) is 2.69. The van der Waals surface area contributed by atoms with E-state index in [1.165, 1.54) is 11.1 Å². The van der Waals surface area contributed by atoms with E-state index < -0.39 is 0 Å². The maximum Gasteiger partial charge on any atom is 0.225 e. The van der Waals surface area contributed by atoms with E-state index in [4.69, 9.17) is 5.11 Å². The molecule has 1 N–H and O–H groups in total. The van der Waals surface area contributed by atoms with Crippen molar-refractivity contribution in [2.45, 2.75) is 26.0 Å². The van der Waals surface area contributed by atoms with Crippen LogP contribution in [0.3, 0.4) is 0 Å². The van der Waals surface area contributed by atoms with Crippen LogP contribution in [0.15, 0.2) is 36.7 Å². The van der Waals surface area contributed by atoms with Gasteiger partial charge in [-0.1, -0.05) is 24.3 Å². The molecule has 4 heteroatoms. The zero-order chi connectivity index (χ0) is 13.1. The fourth-order valence-corrected chi connectivity index (χ4v) is 2.46. The minimum absolute atomic E-state index is 0.0108. The van der Waals surface area contributed by atoms with Gasteiger partial charge in [0.25, 0.3) is 0 Å². The lowest BCUT2D eigenvalue weighted by Crippen LogP contribution is -2.24. The van der Waals surface area contributed by atoms with Gasteiger partial charge in [-0.3, -0.25) is 0 Å². The van der Waals surface area contributed by atoms with Gasteiger partial charge in [-0.2, -0.15) is 0 Å². The van der Waals surface area contributed by atoms with Crippen LogP contribution in [0.25, 0.3) is 0 Å². The van der Waals surface area contributed by atoms with Crippen LogP contribution in [0.1, 0.15) is 23.1 Å². The standard InChI is InChI=1S/C15H17N3O/c19-11-12-8-16-15(17-9-12)18-7-3-6-13-4-1-2-5-14(13)10-18/h1-2,4-5,8-9,19H,3,6-7,10-11H2. The Morgan fingerprint density at radius 3 is 2.58 bits per heavy atom. The Kier molecular flexibility index (Phi) is 3.42. The molecule has 98 valence electrons. The maximum absolute atomic E-state index is 9.02. The molecule has 0 saturated carbocycles. The number of nitrogens with zero attached hydrogens (tertiary/aromatic N) is 3. The zero-order valence-electron chi connectivity index (χ0n) is 10.8. The smallest absolute Gasteiger partial charge is 0.225 e. The Balaban J connectivity index is 1.85. The number of aryl methyl sites for hydroxylation is 1. The van der Waals surface area contributed by atoms with Gasteiger partial charge in [0, 0.05) is 31.0 Å². The highest BCUT2D eigenvalue weighted by atomic mass is 16.3. The number of aliphatic hydroxyl groups excluding tert-OH is 1. The number of aliphatic hydroxyl groups is 1. The first-order valence-electron chi connectivity index (χ1n) is 6.60. The van der Waals surface area contributed by atoms with E-state index in [9.17, 15) is 0 Å². The lowest BCUT2D eigenvalue weighted by atomic mass is 10.0. The van der Waals surface area contributed by atoms with E-state index in [-0.39, 0.29) is 6.61 Å². The van der Waals surface area contributed by atoms with Gasteiger partial charge < -0.3 is 10.0 Å². The molecule has 0 bridgehead atoms. The summed E-state index contributed by atoms with van der Waals surface area (Å²) in [5.41, 5.74) is 3.53. The minimum Gasteiger partial charge on any atom is -0.392 e. The molecule has 0 fully saturated rings. The second-order valence-electron chi connectivity index (χ2n) is 4.84. The molecule has 0 spiro atoms. The van der Waals surface area contributed by atoms with Crippen molar-refractivity contribution in [1.82, 2.24) is 9.97 Å². The topological polar surface area (TPSA) is 49.3 Å². The zero-order valence-corrected chi connectivity index (χ0v) is 10.8. The number of benzene rings is 1. The molecule has 2 aromatic rings. The fourth-order valence-electron chi connectivity index (χ4n) is 2.46. The molecule has 2 heterocycles. The van der Waals surface area contributed by atoms with Gasteiger partial charge >= 0.3 is 0 Å². The third-order valence-electron chi connectivity index (χ3n) is 3.51. The summed E-state index contributed by atoms with van der Waals surface area (Å²) in [6, 6.07) is 8.56. The van der Waals surface area contributed by atoms with Crippen molar-refractivity contribution in [2.75, 3.05) is 11.4 Å². The van der Waals surface area contributed by atoms with Crippen LogP contribution in [0.4, 0.5) is 5.95 Å². The third kappa shape index (κ3) is 2.58. The first kappa shape index (κ1) is 12.1. The molecular weight excluding hydrogens is 238 g/mol. The highest BCUT2D eigenvalue weighted by Gasteiger charge is 2.16. The molecule has 0 radical (unpaired) electrons. The van der Waals surface area contributed by atoms with Crippen LogP contribution >= 0.6 is 0 Å². The normalized spacial score (nSPS) is 14.9. The van der Waals surface area contributed by atoms with Crippen LogP contribution < -0.4 is 4.90 Å². The first-order chi connectivity index (χ1) is 9.36. The summed E-state index contributed by atoms with van der Waals surface area (Å²) in [7, 11) is 0. The van der Waals surface area contributed by atoms with Crippen LogP contribution in [0.2, 0.25) is 0 Å². The molecule has 0 atom stereocenters. The lowest BCUT2D eigenvalue weighted by molar-refractivity contribution is 0.281. The largest absolute Gasteiger partial charge is 0.392 e. The quantitative estimate of drug-likeness (QED) is 0.890. The molecule has 0 amide bonds. The van der Waals surface area contributed by atoms with Crippen molar-refractivity contribution in [1.29, 1.82) is 0 Å². The number of anilines is 1. The molecule has 1 aliphatic heterocycles. The average molecular weight is 255 g/mol. The highest BCUT2D eigenvalue weighted by molar-refractivity contribution is 5.37. The van der Waals surface area contributed by atoms with Crippen molar-refractivity contribution in [3.05, 3.63) is 53.3 Å². The minimum atomic E-state index is -0.0108. The third-order valence-corrected chi connectivity index (χ3v) is 3.51. The predicted octanol–water partition coefficient (Wildman–Crippen LogP) is 1.92. The predicted molar refractivity (Wildman–Crippen MR) is 73.8 cm³/mol. The van der Waals surface area contributed by atoms with Crippen molar-refractivity contribution in [2.24, 2.45) is 0 Å². The Morgan fingerprint density at radius 2 is 1.84 bits per heavy atom. The molecule has 4 nitrogen and oxygen atoms in total. The van der Waals surface area contributed by atoms with Crippen molar-refractivity contribution in [3.63, 3.8) is 0 Å². The van der Waals surface area contributed by atoms with Crippen LogP contribution in [0.5, 0.6) is 0 Å². The van der Waals surface area contributed by atoms with Gasteiger partial charge in [0.2, 0.25) is 5.95 Å². The second-order valence-corrected chi connectivity index (χ2v) is 4.84. The number of fused-ring (bicyclic) bond motifs is 1. The Morgan fingerprint density at radius 1 is 1.11 bits per heavy atom. The van der Waals surface area contributed by atoms with Crippen molar-refractivity contribution >= 4 is 5.95 Å². The molecule has 0 saturated heterocycles. The van der Waals surface area contributed by atoms with E-state index in [1.54, 1.807) is 12.4 Å². The van der Waals surface area contributed by atoms with Gasteiger partial charge in [-0.25, -0.2) is 9.97 Å². The number of hydrogen-bond donors (Lipinski definition) is 1. The molecule has 1 aliphatic rings. The van der Waals surface area contributed by atoms with E-state index in [1.807, 2.05) is 0 Å². The van der Waals surface area contributed by atoms with Gasteiger partial charge in [0.1, 0.15) is 0 Å². The van der Waals surface area contributed by atoms with E-state index in [0.717, 1.165) is 37.4 Å². The highest BCUT2D eigenvalue weighted by Crippen LogP contribution is 2.21. The van der Waals surface area contributed by atoms with Gasteiger partial charge in [0.15, 0.2) is 0 Å². The van der Waals surface area contributed by atoms with Crippen molar-refractivity contribution in [3.8, 4) is 0 Å². The van der Waals surface area contributed by atoms with Crippen molar-refractivity contribution < 1.29 is 5.11 Å².